The molecular formula is C17H19N3O2. The van der Waals surface area contributed by atoms with Crippen LogP contribution in [0.25, 0.3) is 11.4 Å². The van der Waals surface area contributed by atoms with Crippen molar-refractivity contribution in [3.63, 3.8) is 0 Å². The zero-order chi connectivity index (χ0) is 15.1. The second-order valence-electron chi connectivity index (χ2n) is 6.29. The van der Waals surface area contributed by atoms with Gasteiger partial charge >= 0.3 is 0 Å². The maximum atomic E-state index is 11.3. The lowest BCUT2D eigenvalue weighted by Crippen LogP contribution is -2.24. The fraction of sp³-hybridized carbons (Fsp3) is 0.471. The Bertz CT molecular complexity index is 718. The van der Waals surface area contributed by atoms with Gasteiger partial charge in [-0.05, 0) is 42.9 Å². The van der Waals surface area contributed by atoms with Gasteiger partial charge in [-0.25, -0.2) is 0 Å². The molecule has 1 saturated carbocycles. The highest BCUT2D eigenvalue weighted by molar-refractivity contribution is 5.73. The van der Waals surface area contributed by atoms with E-state index in [-0.39, 0.29) is 11.9 Å². The van der Waals surface area contributed by atoms with Gasteiger partial charge in [0.15, 0.2) is 0 Å². The van der Waals surface area contributed by atoms with Crippen LogP contribution < -0.4 is 5.32 Å². The molecule has 2 aliphatic rings. The summed E-state index contributed by atoms with van der Waals surface area (Å²) in [4.78, 5) is 15.8. The molecule has 2 aromatic rings. The number of aromatic nitrogens is 2. The molecule has 114 valence electrons. The lowest BCUT2D eigenvalue weighted by atomic mass is 9.85. The number of carbonyl (C=O) groups is 1. The Kier molecular flexibility index (Phi) is 3.21. The van der Waals surface area contributed by atoms with E-state index in [2.05, 4.69) is 27.6 Å². The molecule has 0 spiro atoms. The molecule has 1 aromatic heterocycles. The van der Waals surface area contributed by atoms with Crippen LogP contribution in [-0.2, 0) is 11.2 Å². The van der Waals surface area contributed by atoms with E-state index in [1.807, 2.05) is 6.07 Å². The molecule has 0 saturated heterocycles. The maximum Gasteiger partial charge on any atom is 0.230 e. The van der Waals surface area contributed by atoms with Gasteiger partial charge in [-0.1, -0.05) is 23.7 Å². The predicted octanol–water partition coefficient (Wildman–Crippen LogP) is 3.13. The van der Waals surface area contributed by atoms with Gasteiger partial charge in [0.05, 0.1) is 6.04 Å². The van der Waals surface area contributed by atoms with Crippen molar-refractivity contribution in [2.75, 3.05) is 0 Å². The number of fused-ring (bicyclic) bond motifs is 1. The van der Waals surface area contributed by atoms with Crippen molar-refractivity contribution < 1.29 is 9.32 Å². The van der Waals surface area contributed by atoms with Crippen molar-refractivity contribution in [3.05, 3.63) is 35.2 Å². The molecule has 0 bridgehead atoms. The largest absolute Gasteiger partial charge is 0.350 e. The quantitative estimate of drug-likeness (QED) is 0.945. The fourth-order valence-electron chi connectivity index (χ4n) is 3.33. The molecular weight excluding hydrogens is 278 g/mol. The Balaban J connectivity index is 1.59. The number of nitrogens with zero attached hydrogens (tertiary/aromatic N) is 2. The SMILES string of the molecule is CC(=O)NC1CCc2cc(-c3noc(C4CCC4)n3)ccc21. The monoisotopic (exact) mass is 297 g/mol. The van der Waals surface area contributed by atoms with Gasteiger partial charge in [0, 0.05) is 18.4 Å². The number of hydrogen-bond acceptors (Lipinski definition) is 4. The number of rotatable bonds is 3. The van der Waals surface area contributed by atoms with Crippen LogP contribution in [0, 0.1) is 0 Å². The molecule has 1 unspecified atom stereocenters. The van der Waals surface area contributed by atoms with Crippen molar-refractivity contribution >= 4 is 5.91 Å². The number of benzene rings is 1. The van der Waals surface area contributed by atoms with Gasteiger partial charge < -0.3 is 9.84 Å². The molecule has 1 aromatic carbocycles. The lowest BCUT2D eigenvalue weighted by Gasteiger charge is -2.20. The van der Waals surface area contributed by atoms with E-state index in [9.17, 15) is 4.79 Å². The molecule has 1 heterocycles. The zero-order valence-electron chi connectivity index (χ0n) is 12.6. The van der Waals surface area contributed by atoms with Crippen LogP contribution >= 0.6 is 0 Å². The highest BCUT2D eigenvalue weighted by Crippen LogP contribution is 2.37. The lowest BCUT2D eigenvalue weighted by molar-refractivity contribution is -0.119. The standard InChI is InChI=1S/C17H19N3O2/c1-10(21)18-15-8-6-12-9-13(5-7-14(12)15)16-19-17(22-20-16)11-3-2-4-11/h5,7,9,11,15H,2-4,6,8H2,1H3,(H,18,21). The number of amides is 1. The second-order valence-corrected chi connectivity index (χ2v) is 6.29. The summed E-state index contributed by atoms with van der Waals surface area (Å²) in [5, 5.41) is 7.13. The smallest absolute Gasteiger partial charge is 0.230 e. The summed E-state index contributed by atoms with van der Waals surface area (Å²) >= 11 is 0. The van der Waals surface area contributed by atoms with E-state index in [0.29, 0.717) is 11.7 Å². The Hall–Kier alpha value is -2.17. The Labute approximate surface area is 129 Å². The van der Waals surface area contributed by atoms with Crippen molar-refractivity contribution in [2.24, 2.45) is 0 Å². The Morgan fingerprint density at radius 2 is 2.18 bits per heavy atom. The number of nitrogens with one attached hydrogen (secondary N) is 1. The molecule has 0 aliphatic heterocycles. The first kappa shape index (κ1) is 13.5. The molecule has 0 radical (unpaired) electrons. The van der Waals surface area contributed by atoms with Crippen LogP contribution in [0.2, 0.25) is 0 Å². The van der Waals surface area contributed by atoms with Crippen molar-refractivity contribution in [1.82, 2.24) is 15.5 Å². The first-order chi connectivity index (χ1) is 10.7. The van der Waals surface area contributed by atoms with Crippen LogP contribution in [0.1, 0.15) is 61.6 Å². The Morgan fingerprint density at radius 3 is 2.91 bits per heavy atom. The minimum Gasteiger partial charge on any atom is -0.350 e. The van der Waals surface area contributed by atoms with Gasteiger partial charge in [-0.3, -0.25) is 4.79 Å². The number of carbonyl (C=O) groups excluding carboxylic acids is 1. The predicted molar refractivity (Wildman–Crippen MR) is 81.2 cm³/mol. The van der Waals surface area contributed by atoms with Gasteiger partial charge in [-0.15, -0.1) is 0 Å². The fourth-order valence-corrected chi connectivity index (χ4v) is 3.33. The van der Waals surface area contributed by atoms with Gasteiger partial charge in [0.2, 0.25) is 17.6 Å². The molecule has 1 atom stereocenters. The van der Waals surface area contributed by atoms with E-state index in [1.165, 1.54) is 17.5 Å². The molecule has 4 rings (SSSR count). The first-order valence-electron chi connectivity index (χ1n) is 7.94. The van der Waals surface area contributed by atoms with Crippen molar-refractivity contribution in [1.29, 1.82) is 0 Å². The third-order valence-electron chi connectivity index (χ3n) is 4.75. The summed E-state index contributed by atoms with van der Waals surface area (Å²) < 4.78 is 5.40. The van der Waals surface area contributed by atoms with Gasteiger partial charge in [0.25, 0.3) is 0 Å². The first-order valence-corrected chi connectivity index (χ1v) is 7.94. The summed E-state index contributed by atoms with van der Waals surface area (Å²) in [5.41, 5.74) is 3.48. The summed E-state index contributed by atoms with van der Waals surface area (Å²) in [5.74, 6) is 1.93. The van der Waals surface area contributed by atoms with E-state index in [1.54, 1.807) is 6.92 Å². The summed E-state index contributed by atoms with van der Waals surface area (Å²) in [6.07, 6.45) is 5.50. The molecule has 1 amide bonds. The molecule has 1 fully saturated rings. The van der Waals surface area contributed by atoms with Crippen LogP contribution in [0.5, 0.6) is 0 Å². The number of aryl methyl sites for hydroxylation is 1. The van der Waals surface area contributed by atoms with E-state index in [4.69, 9.17) is 4.52 Å². The molecule has 22 heavy (non-hydrogen) atoms. The average molecular weight is 297 g/mol. The van der Waals surface area contributed by atoms with Crippen LogP contribution in [-0.4, -0.2) is 16.0 Å². The van der Waals surface area contributed by atoms with Gasteiger partial charge in [-0.2, -0.15) is 4.98 Å². The van der Waals surface area contributed by atoms with Crippen LogP contribution in [0.3, 0.4) is 0 Å². The summed E-state index contributed by atoms with van der Waals surface area (Å²) in [6.45, 7) is 1.56. The minimum atomic E-state index is 0.0187. The van der Waals surface area contributed by atoms with Crippen molar-refractivity contribution in [3.8, 4) is 11.4 Å². The number of hydrogen-bond donors (Lipinski definition) is 1. The molecule has 1 N–H and O–H groups in total. The minimum absolute atomic E-state index is 0.0187. The molecule has 2 aliphatic carbocycles. The summed E-state index contributed by atoms with van der Waals surface area (Å²) in [7, 11) is 0. The zero-order valence-corrected chi connectivity index (χ0v) is 12.6. The highest BCUT2D eigenvalue weighted by atomic mass is 16.5. The topological polar surface area (TPSA) is 68.0 Å². The van der Waals surface area contributed by atoms with E-state index < -0.39 is 0 Å². The third kappa shape index (κ3) is 2.30. The second kappa shape index (κ2) is 5.23. The average Bonchev–Trinajstić information content (AvgIpc) is 3.04. The Morgan fingerprint density at radius 1 is 1.32 bits per heavy atom. The molecule has 5 nitrogen and oxygen atoms in total. The van der Waals surface area contributed by atoms with Crippen LogP contribution in [0.15, 0.2) is 22.7 Å². The molecule has 5 heteroatoms. The third-order valence-corrected chi connectivity index (χ3v) is 4.75. The van der Waals surface area contributed by atoms with E-state index >= 15 is 0 Å². The summed E-state index contributed by atoms with van der Waals surface area (Å²) in [6, 6.07) is 6.37. The van der Waals surface area contributed by atoms with Crippen LogP contribution in [0.4, 0.5) is 0 Å². The van der Waals surface area contributed by atoms with Crippen molar-refractivity contribution in [2.45, 2.75) is 51.0 Å². The highest BCUT2D eigenvalue weighted by Gasteiger charge is 2.27. The van der Waals surface area contributed by atoms with Gasteiger partial charge in [0.1, 0.15) is 0 Å². The van der Waals surface area contributed by atoms with E-state index in [0.717, 1.165) is 37.1 Å². The maximum absolute atomic E-state index is 11.3. The normalized spacial score (nSPS) is 20.5.